The van der Waals surface area contributed by atoms with Gasteiger partial charge in [0.2, 0.25) is 0 Å². The monoisotopic (exact) mass is 262 g/mol. The van der Waals surface area contributed by atoms with E-state index in [-0.39, 0.29) is 23.4 Å². The van der Waals surface area contributed by atoms with E-state index in [0.717, 1.165) is 0 Å². The van der Waals surface area contributed by atoms with Crippen molar-refractivity contribution in [2.45, 2.75) is 25.1 Å². The van der Waals surface area contributed by atoms with Crippen LogP contribution in [0.3, 0.4) is 0 Å². The van der Waals surface area contributed by atoms with Crippen LogP contribution < -0.4 is 4.74 Å². The Hall–Kier alpha value is -2.08. The van der Waals surface area contributed by atoms with Gasteiger partial charge < -0.3 is 19.8 Å². The van der Waals surface area contributed by atoms with Crippen molar-refractivity contribution in [1.29, 1.82) is 0 Å². The second-order valence-corrected chi connectivity index (χ2v) is 4.66. The van der Waals surface area contributed by atoms with Gasteiger partial charge in [0.15, 0.2) is 11.5 Å². The van der Waals surface area contributed by atoms with Crippen molar-refractivity contribution in [3.63, 3.8) is 0 Å². The van der Waals surface area contributed by atoms with E-state index < -0.39 is 6.23 Å². The number of hydrogen-bond acceptors (Lipinski definition) is 5. The number of carbonyl (C=O) groups is 1. The van der Waals surface area contributed by atoms with Gasteiger partial charge >= 0.3 is 0 Å². The molecule has 6 nitrogen and oxygen atoms in total. The van der Waals surface area contributed by atoms with Gasteiger partial charge in [-0.2, -0.15) is 0 Å². The number of nitrogens with zero attached hydrogens (tertiary/aromatic N) is 2. The molecule has 1 aromatic rings. The average molecular weight is 262 g/mol. The third-order valence-electron chi connectivity index (χ3n) is 3.55. The average Bonchev–Trinajstić information content (AvgIpc) is 2.70. The first-order chi connectivity index (χ1) is 9.11. The Morgan fingerprint density at radius 1 is 1.42 bits per heavy atom. The quantitative estimate of drug-likeness (QED) is 0.792. The summed E-state index contributed by atoms with van der Waals surface area (Å²) in [5.41, 5.74) is 0.722. The number of phenols is 1. The number of methoxy groups -OCH3 is 1. The van der Waals surface area contributed by atoms with E-state index in [9.17, 15) is 15.0 Å². The number of aliphatic imine (C=N–C) groups is 1. The molecule has 0 spiro atoms. The molecule has 0 aromatic heterocycles. The summed E-state index contributed by atoms with van der Waals surface area (Å²) >= 11 is 0. The van der Waals surface area contributed by atoms with Gasteiger partial charge in [0.25, 0.3) is 5.91 Å². The largest absolute Gasteiger partial charge is 0.504 e. The molecule has 2 aliphatic heterocycles. The predicted molar refractivity (Wildman–Crippen MR) is 68.0 cm³/mol. The van der Waals surface area contributed by atoms with Gasteiger partial charge in [-0.15, -0.1) is 0 Å². The SMILES string of the molecule is COc1cc2c(cc1O)N=CC1CC[C@H](O)N1C2=O. The topological polar surface area (TPSA) is 82.4 Å². The highest BCUT2D eigenvalue weighted by Crippen LogP contribution is 2.37. The maximum atomic E-state index is 12.5. The van der Waals surface area contributed by atoms with Gasteiger partial charge in [-0.1, -0.05) is 0 Å². The third-order valence-corrected chi connectivity index (χ3v) is 3.55. The first kappa shape index (κ1) is 12.0. The minimum atomic E-state index is -0.783. The number of hydrogen-bond donors (Lipinski definition) is 2. The minimum Gasteiger partial charge on any atom is -0.504 e. The van der Waals surface area contributed by atoms with E-state index >= 15 is 0 Å². The number of phenolic OH excluding ortho intramolecular Hbond substituents is 1. The van der Waals surface area contributed by atoms with Crippen molar-refractivity contribution in [3.05, 3.63) is 17.7 Å². The van der Waals surface area contributed by atoms with Crippen LogP contribution in [0.15, 0.2) is 17.1 Å². The number of aliphatic hydroxyl groups excluding tert-OH is 1. The third kappa shape index (κ3) is 1.76. The molecule has 1 saturated heterocycles. The lowest BCUT2D eigenvalue weighted by molar-refractivity contribution is 0.0247. The molecule has 6 heteroatoms. The van der Waals surface area contributed by atoms with Crippen molar-refractivity contribution in [2.75, 3.05) is 7.11 Å². The van der Waals surface area contributed by atoms with Crippen molar-refractivity contribution < 1.29 is 19.7 Å². The maximum absolute atomic E-state index is 12.5. The fraction of sp³-hybridized carbons (Fsp3) is 0.385. The van der Waals surface area contributed by atoms with Crippen LogP contribution in [0.1, 0.15) is 23.2 Å². The van der Waals surface area contributed by atoms with Gasteiger partial charge in [0.05, 0.1) is 24.4 Å². The van der Waals surface area contributed by atoms with Crippen LogP contribution in [0.5, 0.6) is 11.5 Å². The van der Waals surface area contributed by atoms with Crippen LogP contribution in [0.2, 0.25) is 0 Å². The van der Waals surface area contributed by atoms with Crippen molar-refractivity contribution >= 4 is 17.8 Å². The van der Waals surface area contributed by atoms with Gasteiger partial charge in [-0.25, -0.2) is 0 Å². The van der Waals surface area contributed by atoms with Crippen LogP contribution in [0, 0.1) is 0 Å². The summed E-state index contributed by atoms with van der Waals surface area (Å²) in [7, 11) is 1.42. The van der Waals surface area contributed by atoms with E-state index in [2.05, 4.69) is 4.99 Å². The Bertz CT molecular complexity index is 570. The number of fused-ring (bicyclic) bond motifs is 2. The molecule has 2 atom stereocenters. The van der Waals surface area contributed by atoms with Crippen molar-refractivity contribution in [1.82, 2.24) is 4.90 Å². The second-order valence-electron chi connectivity index (χ2n) is 4.66. The highest BCUT2D eigenvalue weighted by atomic mass is 16.5. The fourth-order valence-corrected chi connectivity index (χ4v) is 2.56. The number of carbonyl (C=O) groups excluding carboxylic acids is 1. The summed E-state index contributed by atoms with van der Waals surface area (Å²) in [6, 6.07) is 2.66. The molecule has 1 fully saturated rings. The molecule has 0 saturated carbocycles. The molecule has 0 bridgehead atoms. The minimum absolute atomic E-state index is 0.0613. The van der Waals surface area contributed by atoms with Crippen molar-refractivity contribution in [2.24, 2.45) is 4.99 Å². The molecule has 1 amide bonds. The highest BCUT2D eigenvalue weighted by molar-refractivity contribution is 6.03. The zero-order valence-electron chi connectivity index (χ0n) is 10.4. The molecule has 2 heterocycles. The molecule has 19 heavy (non-hydrogen) atoms. The zero-order chi connectivity index (χ0) is 13.6. The molecular weight excluding hydrogens is 248 g/mol. The Morgan fingerprint density at radius 2 is 2.21 bits per heavy atom. The Labute approximate surface area is 109 Å². The number of amides is 1. The number of ether oxygens (including phenoxy) is 1. The Balaban J connectivity index is 2.12. The number of aliphatic hydroxyl groups is 1. The lowest BCUT2D eigenvalue weighted by atomic mass is 10.1. The molecule has 2 N–H and O–H groups in total. The lowest BCUT2D eigenvalue weighted by Crippen LogP contribution is -2.41. The zero-order valence-corrected chi connectivity index (χ0v) is 10.4. The van der Waals surface area contributed by atoms with Crippen molar-refractivity contribution in [3.8, 4) is 11.5 Å². The summed E-state index contributed by atoms with van der Waals surface area (Å²) in [6.45, 7) is 0. The summed E-state index contributed by atoms with van der Waals surface area (Å²) in [6.07, 6.45) is 2.10. The van der Waals surface area contributed by atoms with Crippen LogP contribution in [0.4, 0.5) is 5.69 Å². The van der Waals surface area contributed by atoms with Gasteiger partial charge in [0.1, 0.15) is 6.23 Å². The van der Waals surface area contributed by atoms with Gasteiger partial charge in [-0.3, -0.25) is 9.79 Å². The predicted octanol–water partition coefficient (Wildman–Crippen LogP) is 1.04. The Kier molecular flexibility index (Phi) is 2.67. The van der Waals surface area contributed by atoms with Gasteiger partial charge in [0, 0.05) is 12.3 Å². The van der Waals surface area contributed by atoms with Crippen LogP contribution in [-0.2, 0) is 0 Å². The second kappa shape index (κ2) is 4.24. The first-order valence-electron chi connectivity index (χ1n) is 6.07. The molecule has 3 rings (SSSR count). The standard InChI is InChI=1S/C13H14N2O4/c1-19-11-4-8-9(5-10(11)16)14-6-7-2-3-12(17)15(7)13(8)18/h4-7,12,16-17H,2-3H2,1H3/t7?,12-/m0/s1. The smallest absolute Gasteiger partial charge is 0.258 e. The molecular formula is C13H14N2O4. The van der Waals surface area contributed by atoms with Crippen LogP contribution >= 0.6 is 0 Å². The van der Waals surface area contributed by atoms with E-state index in [1.165, 1.54) is 24.1 Å². The number of benzene rings is 1. The summed E-state index contributed by atoms with van der Waals surface area (Å²) in [5.74, 6) is -0.135. The number of aromatic hydroxyl groups is 1. The summed E-state index contributed by atoms with van der Waals surface area (Å²) < 4.78 is 5.00. The highest BCUT2D eigenvalue weighted by Gasteiger charge is 2.38. The van der Waals surface area contributed by atoms with Crippen LogP contribution in [0.25, 0.3) is 0 Å². The summed E-state index contributed by atoms with van der Waals surface area (Å²) in [4.78, 5) is 18.1. The van der Waals surface area contributed by atoms with Gasteiger partial charge in [-0.05, 0) is 18.9 Å². The Morgan fingerprint density at radius 3 is 2.95 bits per heavy atom. The first-order valence-corrected chi connectivity index (χ1v) is 6.07. The lowest BCUT2D eigenvalue weighted by Gasteiger charge is -2.24. The van der Waals surface area contributed by atoms with E-state index in [1.807, 2.05) is 0 Å². The molecule has 0 aliphatic carbocycles. The molecule has 2 aliphatic rings. The van der Waals surface area contributed by atoms with Crippen LogP contribution in [-0.4, -0.2) is 46.6 Å². The molecule has 0 radical (unpaired) electrons. The summed E-state index contributed by atoms with van der Waals surface area (Å²) in [5, 5.41) is 19.6. The molecule has 1 aromatic carbocycles. The van der Waals surface area contributed by atoms with E-state index in [4.69, 9.17) is 4.74 Å². The fourth-order valence-electron chi connectivity index (χ4n) is 2.56. The number of rotatable bonds is 1. The van der Waals surface area contributed by atoms with E-state index in [0.29, 0.717) is 24.1 Å². The molecule has 1 unspecified atom stereocenters. The maximum Gasteiger partial charge on any atom is 0.258 e. The normalized spacial score (nSPS) is 24.9. The van der Waals surface area contributed by atoms with E-state index in [1.54, 1.807) is 6.21 Å². The molecule has 100 valence electrons.